The van der Waals surface area contributed by atoms with Crippen molar-refractivity contribution < 1.29 is 4.74 Å². The number of nitrogens with zero attached hydrogens (tertiary/aromatic N) is 3. The van der Waals surface area contributed by atoms with Crippen molar-refractivity contribution in [2.45, 2.75) is 51.8 Å². The van der Waals surface area contributed by atoms with Crippen LogP contribution >= 0.6 is 0 Å². The van der Waals surface area contributed by atoms with Gasteiger partial charge in [0.05, 0.1) is 11.6 Å². The molecular formula is C12H24N4O. The van der Waals surface area contributed by atoms with E-state index >= 15 is 0 Å². The van der Waals surface area contributed by atoms with Crippen LogP contribution < -0.4 is 5.32 Å². The fourth-order valence-electron chi connectivity index (χ4n) is 2.43. The second kappa shape index (κ2) is 6.12. The molecule has 0 aliphatic rings. The number of methoxy groups -OCH3 is 1. The standard InChI is InChI=1S/C12H24N4O/c1-6-12(7-2,17-5)10(13-4)11-14-9-15-16(11)8-3/h9-10,13H,6-8H2,1-5H3. The normalized spacial score (nSPS) is 13.9. The highest BCUT2D eigenvalue weighted by molar-refractivity contribution is 5.04. The van der Waals surface area contributed by atoms with Gasteiger partial charge in [-0.15, -0.1) is 0 Å². The van der Waals surface area contributed by atoms with Gasteiger partial charge in [-0.3, -0.25) is 0 Å². The maximum absolute atomic E-state index is 5.77. The first-order valence-electron chi connectivity index (χ1n) is 6.29. The Morgan fingerprint density at radius 2 is 2.06 bits per heavy atom. The molecule has 1 N–H and O–H groups in total. The van der Waals surface area contributed by atoms with Crippen molar-refractivity contribution in [2.24, 2.45) is 0 Å². The average Bonchev–Trinajstić information content (AvgIpc) is 2.84. The van der Waals surface area contributed by atoms with Gasteiger partial charge in [-0.2, -0.15) is 5.10 Å². The monoisotopic (exact) mass is 240 g/mol. The van der Waals surface area contributed by atoms with Crippen LogP contribution in [-0.4, -0.2) is 34.5 Å². The van der Waals surface area contributed by atoms with Crippen molar-refractivity contribution >= 4 is 0 Å². The molecule has 1 unspecified atom stereocenters. The van der Waals surface area contributed by atoms with Gasteiger partial charge in [-0.1, -0.05) is 13.8 Å². The van der Waals surface area contributed by atoms with E-state index in [1.165, 1.54) is 0 Å². The summed E-state index contributed by atoms with van der Waals surface area (Å²) < 4.78 is 7.69. The maximum Gasteiger partial charge on any atom is 0.146 e. The molecule has 0 saturated heterocycles. The summed E-state index contributed by atoms with van der Waals surface area (Å²) in [6, 6.07) is 0.0601. The van der Waals surface area contributed by atoms with Gasteiger partial charge >= 0.3 is 0 Å². The third-order valence-corrected chi connectivity index (χ3v) is 3.62. The van der Waals surface area contributed by atoms with Gasteiger partial charge in [-0.25, -0.2) is 9.67 Å². The van der Waals surface area contributed by atoms with Crippen molar-refractivity contribution in [3.63, 3.8) is 0 Å². The average molecular weight is 240 g/mol. The van der Waals surface area contributed by atoms with E-state index in [0.29, 0.717) is 0 Å². The summed E-state index contributed by atoms with van der Waals surface area (Å²) >= 11 is 0. The number of hydrogen-bond donors (Lipinski definition) is 1. The predicted molar refractivity (Wildman–Crippen MR) is 67.8 cm³/mol. The zero-order valence-corrected chi connectivity index (χ0v) is 11.5. The van der Waals surface area contributed by atoms with E-state index in [1.54, 1.807) is 13.4 Å². The molecule has 1 heterocycles. The SMILES string of the molecule is CCn1ncnc1C(NC)C(CC)(CC)OC. The van der Waals surface area contributed by atoms with Crippen LogP contribution in [0.3, 0.4) is 0 Å². The van der Waals surface area contributed by atoms with Crippen LogP contribution in [-0.2, 0) is 11.3 Å². The highest BCUT2D eigenvalue weighted by Gasteiger charge is 2.38. The molecule has 98 valence electrons. The van der Waals surface area contributed by atoms with Gasteiger partial charge in [0, 0.05) is 13.7 Å². The number of nitrogens with one attached hydrogen (secondary N) is 1. The molecule has 0 aliphatic heterocycles. The van der Waals surface area contributed by atoms with Gasteiger partial charge in [0.1, 0.15) is 12.2 Å². The fraction of sp³-hybridized carbons (Fsp3) is 0.833. The zero-order valence-electron chi connectivity index (χ0n) is 11.5. The molecule has 5 nitrogen and oxygen atoms in total. The first-order valence-corrected chi connectivity index (χ1v) is 6.29. The minimum atomic E-state index is -0.227. The lowest BCUT2D eigenvalue weighted by Crippen LogP contribution is -2.45. The summed E-state index contributed by atoms with van der Waals surface area (Å²) in [4.78, 5) is 4.38. The molecule has 1 rings (SSSR count). The molecule has 0 aromatic carbocycles. The lowest BCUT2D eigenvalue weighted by atomic mass is 9.87. The van der Waals surface area contributed by atoms with Crippen molar-refractivity contribution in [1.29, 1.82) is 0 Å². The van der Waals surface area contributed by atoms with E-state index < -0.39 is 0 Å². The summed E-state index contributed by atoms with van der Waals surface area (Å²) in [6.45, 7) is 7.17. The molecule has 0 bridgehead atoms. The Labute approximate surface area is 104 Å². The Morgan fingerprint density at radius 1 is 1.41 bits per heavy atom. The minimum absolute atomic E-state index is 0.0601. The molecule has 0 fully saturated rings. The van der Waals surface area contributed by atoms with E-state index in [4.69, 9.17) is 4.74 Å². The maximum atomic E-state index is 5.77. The molecule has 0 radical (unpaired) electrons. The summed E-state index contributed by atoms with van der Waals surface area (Å²) in [5.41, 5.74) is -0.227. The number of ether oxygens (including phenoxy) is 1. The summed E-state index contributed by atoms with van der Waals surface area (Å²) in [5, 5.41) is 7.55. The third-order valence-electron chi connectivity index (χ3n) is 3.62. The molecule has 1 atom stereocenters. The summed E-state index contributed by atoms with van der Waals surface area (Å²) in [5.74, 6) is 0.945. The third kappa shape index (κ3) is 2.50. The predicted octanol–water partition coefficient (Wildman–Crippen LogP) is 1.76. The van der Waals surface area contributed by atoms with Gasteiger partial charge in [0.25, 0.3) is 0 Å². The highest BCUT2D eigenvalue weighted by atomic mass is 16.5. The summed E-state index contributed by atoms with van der Waals surface area (Å²) in [7, 11) is 3.71. The summed E-state index contributed by atoms with van der Waals surface area (Å²) in [6.07, 6.45) is 3.47. The van der Waals surface area contributed by atoms with Crippen LogP contribution in [0.5, 0.6) is 0 Å². The van der Waals surface area contributed by atoms with Crippen LogP contribution in [0.1, 0.15) is 45.5 Å². The highest BCUT2D eigenvalue weighted by Crippen LogP contribution is 2.33. The second-order valence-corrected chi connectivity index (χ2v) is 4.13. The quantitative estimate of drug-likeness (QED) is 0.789. The fourth-order valence-corrected chi connectivity index (χ4v) is 2.43. The Kier molecular flexibility index (Phi) is 5.08. The van der Waals surface area contributed by atoms with Crippen LogP contribution in [0.25, 0.3) is 0 Å². The zero-order chi connectivity index (χ0) is 12.9. The molecule has 0 spiro atoms. The molecule has 5 heteroatoms. The Hall–Kier alpha value is -0.940. The lowest BCUT2D eigenvalue weighted by molar-refractivity contribution is -0.0499. The number of likely N-dealkylation sites (N-methyl/N-ethyl adjacent to an activating group) is 1. The number of aryl methyl sites for hydroxylation is 1. The van der Waals surface area contributed by atoms with Crippen molar-refractivity contribution in [3.05, 3.63) is 12.2 Å². The van der Waals surface area contributed by atoms with E-state index in [0.717, 1.165) is 25.2 Å². The first-order chi connectivity index (χ1) is 8.18. The van der Waals surface area contributed by atoms with E-state index in [1.807, 2.05) is 11.7 Å². The lowest BCUT2D eigenvalue weighted by Gasteiger charge is -2.37. The van der Waals surface area contributed by atoms with Crippen LogP contribution in [0.15, 0.2) is 6.33 Å². The Balaban J connectivity index is 3.13. The molecule has 0 aliphatic carbocycles. The van der Waals surface area contributed by atoms with Gasteiger partial charge < -0.3 is 10.1 Å². The number of aromatic nitrogens is 3. The Morgan fingerprint density at radius 3 is 2.47 bits per heavy atom. The van der Waals surface area contributed by atoms with E-state index in [2.05, 4.69) is 36.2 Å². The number of rotatable bonds is 7. The first kappa shape index (κ1) is 14.1. The molecule has 0 amide bonds. The van der Waals surface area contributed by atoms with Gasteiger partial charge in [0.15, 0.2) is 0 Å². The van der Waals surface area contributed by atoms with Crippen molar-refractivity contribution in [3.8, 4) is 0 Å². The van der Waals surface area contributed by atoms with Crippen LogP contribution in [0, 0.1) is 0 Å². The molecule has 17 heavy (non-hydrogen) atoms. The molecule has 0 saturated carbocycles. The van der Waals surface area contributed by atoms with Crippen molar-refractivity contribution in [2.75, 3.05) is 14.2 Å². The van der Waals surface area contributed by atoms with Crippen molar-refractivity contribution in [1.82, 2.24) is 20.1 Å². The Bertz CT molecular complexity index is 325. The number of hydrogen-bond acceptors (Lipinski definition) is 4. The van der Waals surface area contributed by atoms with E-state index in [-0.39, 0.29) is 11.6 Å². The second-order valence-electron chi connectivity index (χ2n) is 4.13. The molecule has 1 aromatic heterocycles. The minimum Gasteiger partial charge on any atom is -0.376 e. The largest absolute Gasteiger partial charge is 0.376 e. The van der Waals surface area contributed by atoms with Gasteiger partial charge in [-0.05, 0) is 26.8 Å². The molecular weight excluding hydrogens is 216 g/mol. The van der Waals surface area contributed by atoms with Crippen LogP contribution in [0.4, 0.5) is 0 Å². The topological polar surface area (TPSA) is 52.0 Å². The van der Waals surface area contributed by atoms with Crippen LogP contribution in [0.2, 0.25) is 0 Å². The van der Waals surface area contributed by atoms with E-state index in [9.17, 15) is 0 Å². The van der Waals surface area contributed by atoms with Gasteiger partial charge in [0.2, 0.25) is 0 Å². The molecule has 1 aromatic rings. The smallest absolute Gasteiger partial charge is 0.146 e.